The van der Waals surface area contributed by atoms with Gasteiger partial charge in [-0.25, -0.2) is 4.79 Å². The number of carboxylic acids is 1. The van der Waals surface area contributed by atoms with Gasteiger partial charge < -0.3 is 30.3 Å². The Labute approximate surface area is 302 Å². The zero-order chi connectivity index (χ0) is 36.3. The molecule has 0 aliphatic rings. The molecule has 0 rings (SSSR count). The van der Waals surface area contributed by atoms with Crippen molar-refractivity contribution in [3.63, 3.8) is 0 Å². The zero-order valence-corrected chi connectivity index (χ0v) is 32.0. The van der Waals surface area contributed by atoms with Crippen molar-refractivity contribution < 1.29 is 35.1 Å². The first-order valence-electron chi connectivity index (χ1n) is 20.7. The van der Waals surface area contributed by atoms with E-state index >= 15 is 0 Å². The molecule has 0 amide bonds. The molecule has 0 heterocycles. The monoisotopic (exact) mass is 697 g/mol. The lowest BCUT2D eigenvalue weighted by atomic mass is 9.85. The highest BCUT2D eigenvalue weighted by Crippen LogP contribution is 2.29. The normalized spacial score (nSPS) is 15.2. The number of allylic oxidation sites excluding steroid dienone is 4. The average molecular weight is 697 g/mol. The van der Waals surface area contributed by atoms with E-state index in [1.807, 2.05) is 0 Å². The Balaban J connectivity index is 4.37. The third-order valence-corrected chi connectivity index (χ3v) is 9.82. The molecule has 0 bridgehead atoms. The Kier molecular flexibility index (Phi) is 34.3. The Morgan fingerprint density at radius 2 is 0.898 bits per heavy atom. The first-order valence-corrected chi connectivity index (χ1v) is 20.7. The second-order valence-electron chi connectivity index (χ2n) is 14.4. The number of ether oxygens (including phenoxy) is 1. The van der Waals surface area contributed by atoms with Crippen molar-refractivity contribution >= 4 is 5.97 Å². The minimum atomic E-state index is -2.03. The number of unbranched alkanes of at least 4 members (excludes halogenated alkanes) is 24. The number of aliphatic hydroxyl groups is 4. The smallest absolute Gasteiger partial charge is 0.338 e. The van der Waals surface area contributed by atoms with E-state index in [9.17, 15) is 30.3 Å². The fourth-order valence-corrected chi connectivity index (χ4v) is 6.43. The molecule has 0 aromatic rings. The fourth-order valence-electron chi connectivity index (χ4n) is 6.43. The van der Waals surface area contributed by atoms with Crippen molar-refractivity contribution in [2.75, 3.05) is 13.2 Å². The highest BCUT2D eigenvalue weighted by Gasteiger charge is 2.50. The van der Waals surface area contributed by atoms with Gasteiger partial charge in [-0.15, -0.1) is 0 Å². The zero-order valence-electron chi connectivity index (χ0n) is 32.0. The van der Waals surface area contributed by atoms with Gasteiger partial charge in [-0.2, -0.15) is 0 Å². The molecular formula is C42H80O7. The van der Waals surface area contributed by atoms with Gasteiger partial charge in [-0.1, -0.05) is 154 Å². The quantitative estimate of drug-likeness (QED) is 0.0321. The summed E-state index contributed by atoms with van der Waals surface area (Å²) in [6.07, 6.45) is 36.2. The molecule has 0 spiro atoms. The maximum absolute atomic E-state index is 12.5. The van der Waals surface area contributed by atoms with Crippen molar-refractivity contribution in [1.82, 2.24) is 0 Å². The Morgan fingerprint density at radius 1 is 0.551 bits per heavy atom. The molecular weight excluding hydrogens is 616 g/mol. The van der Waals surface area contributed by atoms with Gasteiger partial charge in [0, 0.05) is 6.61 Å². The van der Waals surface area contributed by atoms with Crippen molar-refractivity contribution in [2.24, 2.45) is 0 Å². The van der Waals surface area contributed by atoms with E-state index in [2.05, 4.69) is 38.2 Å². The molecule has 0 saturated carbocycles. The summed E-state index contributed by atoms with van der Waals surface area (Å²) in [5.41, 5.74) is -2.03. The predicted octanol–water partition coefficient (Wildman–Crippen LogP) is 10.4. The molecule has 0 aliphatic carbocycles. The number of hydrogen-bond donors (Lipinski definition) is 5. The first-order chi connectivity index (χ1) is 23.9. The summed E-state index contributed by atoms with van der Waals surface area (Å²) in [6, 6.07) is 0. The molecule has 0 aromatic carbocycles. The van der Waals surface area contributed by atoms with Crippen molar-refractivity contribution in [1.29, 1.82) is 0 Å². The lowest BCUT2D eigenvalue weighted by Crippen LogP contribution is -2.59. The van der Waals surface area contributed by atoms with Crippen molar-refractivity contribution in [3.8, 4) is 0 Å². The molecule has 49 heavy (non-hydrogen) atoms. The van der Waals surface area contributed by atoms with E-state index in [0.717, 1.165) is 64.2 Å². The van der Waals surface area contributed by atoms with Crippen LogP contribution in [0.15, 0.2) is 24.3 Å². The van der Waals surface area contributed by atoms with Crippen LogP contribution >= 0.6 is 0 Å². The third-order valence-electron chi connectivity index (χ3n) is 9.82. The van der Waals surface area contributed by atoms with Crippen LogP contribution < -0.4 is 0 Å². The van der Waals surface area contributed by atoms with Crippen LogP contribution in [0.3, 0.4) is 0 Å². The molecule has 0 aliphatic heterocycles. The molecule has 0 saturated heterocycles. The second-order valence-corrected chi connectivity index (χ2v) is 14.4. The van der Waals surface area contributed by atoms with Gasteiger partial charge in [0.2, 0.25) is 0 Å². The summed E-state index contributed by atoms with van der Waals surface area (Å²) in [7, 11) is 0. The van der Waals surface area contributed by atoms with Crippen LogP contribution in [0.2, 0.25) is 0 Å². The van der Waals surface area contributed by atoms with E-state index in [0.29, 0.717) is 12.8 Å². The van der Waals surface area contributed by atoms with Crippen molar-refractivity contribution in [2.45, 2.75) is 224 Å². The van der Waals surface area contributed by atoms with Crippen molar-refractivity contribution in [3.05, 3.63) is 24.3 Å². The van der Waals surface area contributed by atoms with Crippen LogP contribution in [-0.2, 0) is 9.53 Å². The summed E-state index contributed by atoms with van der Waals surface area (Å²) in [6.45, 7) is 3.87. The number of carbonyl (C=O) groups is 1. The third kappa shape index (κ3) is 26.2. The lowest BCUT2D eigenvalue weighted by molar-refractivity contribution is -0.207. The molecule has 7 heteroatoms. The minimum absolute atomic E-state index is 0.0340. The average Bonchev–Trinajstić information content (AvgIpc) is 3.10. The summed E-state index contributed by atoms with van der Waals surface area (Å²) in [5.74, 6) is -1.35. The van der Waals surface area contributed by atoms with E-state index < -0.39 is 36.5 Å². The summed E-state index contributed by atoms with van der Waals surface area (Å²) in [5, 5.41) is 50.8. The highest BCUT2D eigenvalue weighted by molar-refractivity contribution is 5.78. The second kappa shape index (κ2) is 35.2. The topological polar surface area (TPSA) is 127 Å². The molecule has 5 N–H and O–H groups in total. The number of aliphatic hydroxyl groups excluding tert-OH is 4. The van der Waals surface area contributed by atoms with Gasteiger partial charge in [-0.05, 0) is 70.6 Å². The lowest BCUT2D eigenvalue weighted by Gasteiger charge is -2.37. The fraction of sp³-hybridized carbons (Fsp3) is 0.881. The predicted molar refractivity (Wildman–Crippen MR) is 205 cm³/mol. The first kappa shape index (κ1) is 47.8. The van der Waals surface area contributed by atoms with Gasteiger partial charge in [0.15, 0.2) is 5.60 Å². The van der Waals surface area contributed by atoms with Gasteiger partial charge in [0.05, 0.1) is 6.61 Å². The van der Waals surface area contributed by atoms with E-state index in [1.54, 1.807) is 0 Å². The van der Waals surface area contributed by atoms with Crippen LogP contribution in [0.4, 0.5) is 0 Å². The SMILES string of the molecule is CCCCCCCCC=CCCCCCCCCO[C@@](CCCCCCCCC=CCCCCCCCC)(C(=O)O)[C@@H](O)[C@H](O)[C@H](O)CO. The largest absolute Gasteiger partial charge is 0.479 e. The summed E-state index contributed by atoms with van der Waals surface area (Å²) in [4.78, 5) is 12.5. The maximum atomic E-state index is 12.5. The van der Waals surface area contributed by atoms with Crippen LogP contribution in [0.25, 0.3) is 0 Å². The van der Waals surface area contributed by atoms with E-state index in [4.69, 9.17) is 4.74 Å². The van der Waals surface area contributed by atoms with Gasteiger partial charge >= 0.3 is 5.97 Å². The summed E-state index contributed by atoms with van der Waals surface area (Å²) < 4.78 is 5.89. The van der Waals surface area contributed by atoms with Gasteiger partial charge in [0.25, 0.3) is 0 Å². The van der Waals surface area contributed by atoms with Crippen LogP contribution in [0.1, 0.15) is 200 Å². The molecule has 290 valence electrons. The molecule has 0 aromatic heterocycles. The van der Waals surface area contributed by atoms with Gasteiger partial charge in [-0.3, -0.25) is 0 Å². The number of aliphatic carboxylic acids is 1. The van der Waals surface area contributed by atoms with E-state index in [-0.39, 0.29) is 13.0 Å². The Bertz CT molecular complexity index is 770. The number of hydrogen-bond acceptors (Lipinski definition) is 6. The number of rotatable bonds is 38. The van der Waals surface area contributed by atoms with Gasteiger partial charge in [0.1, 0.15) is 18.3 Å². The molecule has 7 nitrogen and oxygen atoms in total. The van der Waals surface area contributed by atoms with Crippen LogP contribution in [0.5, 0.6) is 0 Å². The molecule has 0 fully saturated rings. The summed E-state index contributed by atoms with van der Waals surface area (Å²) >= 11 is 0. The highest BCUT2D eigenvalue weighted by atomic mass is 16.5. The molecule has 0 radical (unpaired) electrons. The van der Waals surface area contributed by atoms with E-state index in [1.165, 1.54) is 103 Å². The number of carboxylic acid groups (broad SMARTS) is 1. The molecule has 4 atom stereocenters. The minimum Gasteiger partial charge on any atom is -0.479 e. The standard InChI is InChI=1S/C42H80O7/c1-3-5-7-9-11-13-15-17-19-21-23-25-27-29-31-33-35-42(41(47)48,40(46)39(45)38(44)37-43)49-36-34-32-30-28-26-24-22-20-18-16-14-12-10-8-6-4-2/h17-20,38-40,43-46H,3-16,21-37H2,1-2H3,(H,47,48)/t38-,39-,40+,42-/m1/s1. The van der Waals surface area contributed by atoms with Crippen LogP contribution in [-0.4, -0.2) is 68.6 Å². The van der Waals surface area contributed by atoms with Crippen LogP contribution in [0, 0.1) is 0 Å². The Hall–Kier alpha value is -1.25. The Morgan fingerprint density at radius 3 is 1.27 bits per heavy atom. The molecule has 0 unspecified atom stereocenters. The maximum Gasteiger partial charge on any atom is 0.338 e.